The van der Waals surface area contributed by atoms with Gasteiger partial charge in [0.15, 0.2) is 5.69 Å². The molecule has 0 fully saturated rings. The van der Waals surface area contributed by atoms with E-state index in [-0.39, 0.29) is 16.3 Å². The molecule has 0 radical (unpaired) electrons. The number of hydrogen-bond acceptors (Lipinski definition) is 2. The Morgan fingerprint density at radius 1 is 1.04 bits per heavy atom. The van der Waals surface area contributed by atoms with Gasteiger partial charge >= 0.3 is 6.18 Å². The summed E-state index contributed by atoms with van der Waals surface area (Å²) in [6.07, 6.45) is -4.60. The highest BCUT2D eigenvalue weighted by Crippen LogP contribution is 2.34. The van der Waals surface area contributed by atoms with E-state index in [9.17, 15) is 18.0 Å². The van der Waals surface area contributed by atoms with Crippen LogP contribution < -0.4 is 0 Å². The quantitative estimate of drug-likeness (QED) is 0.551. The fourth-order valence-electron chi connectivity index (χ4n) is 2.30. The molecular weight excluding hydrogens is 376 g/mol. The number of rotatable bonds is 3. The third kappa shape index (κ3) is 3.55. The molecule has 0 saturated carbocycles. The van der Waals surface area contributed by atoms with Gasteiger partial charge in [-0.05, 0) is 41.9 Å². The Hall–Kier alpha value is -2.31. The van der Waals surface area contributed by atoms with Crippen LogP contribution in [0.5, 0.6) is 0 Å². The van der Waals surface area contributed by atoms with Crippen molar-refractivity contribution in [2.24, 2.45) is 0 Å². The van der Waals surface area contributed by atoms with Gasteiger partial charge < -0.3 is 0 Å². The third-order valence-corrected chi connectivity index (χ3v) is 4.03. The van der Waals surface area contributed by atoms with Gasteiger partial charge in [-0.25, -0.2) is 4.68 Å². The van der Waals surface area contributed by atoms with Crippen molar-refractivity contribution in [3.8, 4) is 16.9 Å². The zero-order valence-corrected chi connectivity index (χ0v) is 13.9. The van der Waals surface area contributed by atoms with E-state index < -0.39 is 17.1 Å². The molecule has 1 aromatic heterocycles. The van der Waals surface area contributed by atoms with Crippen LogP contribution in [-0.4, -0.2) is 15.0 Å². The molecule has 1 heterocycles. The fraction of sp³-hybridized carbons (Fsp3) is 0.0588. The van der Waals surface area contributed by atoms with Crippen LogP contribution in [0, 0.1) is 0 Å². The largest absolute Gasteiger partial charge is 0.435 e. The van der Waals surface area contributed by atoms with Crippen molar-refractivity contribution in [1.29, 1.82) is 0 Å². The second-order valence-electron chi connectivity index (χ2n) is 5.13. The molecule has 0 saturated heterocycles. The maximum absolute atomic E-state index is 13.1. The molecule has 0 N–H and O–H groups in total. The van der Waals surface area contributed by atoms with E-state index >= 15 is 0 Å². The fourth-order valence-corrected chi connectivity index (χ4v) is 2.65. The summed E-state index contributed by atoms with van der Waals surface area (Å²) in [7, 11) is 0. The van der Waals surface area contributed by atoms with Crippen molar-refractivity contribution in [3.63, 3.8) is 0 Å². The molecule has 8 heteroatoms. The van der Waals surface area contributed by atoms with Gasteiger partial charge in [0.2, 0.25) is 0 Å². The molecule has 0 aliphatic carbocycles. The van der Waals surface area contributed by atoms with Crippen LogP contribution in [0.1, 0.15) is 16.1 Å². The van der Waals surface area contributed by atoms with E-state index in [4.69, 9.17) is 23.2 Å². The average Bonchev–Trinajstić information content (AvgIpc) is 3.00. The van der Waals surface area contributed by atoms with Gasteiger partial charge in [0.1, 0.15) is 0 Å². The molecule has 3 rings (SSSR count). The topological polar surface area (TPSA) is 34.9 Å². The molecule has 2 aromatic carbocycles. The lowest BCUT2D eigenvalue weighted by molar-refractivity contribution is -0.141. The Morgan fingerprint density at radius 3 is 2.24 bits per heavy atom. The average molecular weight is 385 g/mol. The van der Waals surface area contributed by atoms with Gasteiger partial charge in [0, 0.05) is 11.1 Å². The third-order valence-electron chi connectivity index (χ3n) is 3.49. The number of nitrogens with zero attached hydrogens (tertiary/aromatic N) is 2. The van der Waals surface area contributed by atoms with Gasteiger partial charge in [-0.2, -0.15) is 18.3 Å². The highest BCUT2D eigenvalue weighted by atomic mass is 35.5. The minimum atomic E-state index is -4.60. The summed E-state index contributed by atoms with van der Waals surface area (Å²) in [6, 6.07) is 13.2. The van der Waals surface area contributed by atoms with Crippen molar-refractivity contribution in [2.45, 2.75) is 6.18 Å². The van der Waals surface area contributed by atoms with Gasteiger partial charge in [0.05, 0.1) is 16.4 Å². The van der Waals surface area contributed by atoms with E-state index in [0.29, 0.717) is 11.3 Å². The number of carbonyl (C=O) groups is 1. The Labute approximate surface area is 150 Å². The molecule has 3 nitrogen and oxygen atoms in total. The highest BCUT2D eigenvalue weighted by Gasteiger charge is 2.35. The minimum Gasteiger partial charge on any atom is -0.276 e. The number of alkyl halides is 3. The standard InChI is InChI=1S/C17H9Cl2F3N2O/c18-12-3-1-2-4-13(12)24-14(9-15(23-24)17(20,21)22)10-5-7-11(8-6-10)16(19)25/h1-9H. The number of aromatic nitrogens is 2. The van der Waals surface area contributed by atoms with Gasteiger partial charge in [-0.3, -0.25) is 4.79 Å². The second kappa shape index (κ2) is 6.54. The summed E-state index contributed by atoms with van der Waals surface area (Å²) < 4.78 is 40.5. The van der Waals surface area contributed by atoms with Crippen LogP contribution in [0.2, 0.25) is 5.02 Å². The summed E-state index contributed by atoms with van der Waals surface area (Å²) in [5.74, 6) is 0. The molecule has 0 unspecified atom stereocenters. The maximum Gasteiger partial charge on any atom is 0.435 e. The molecule has 0 spiro atoms. The van der Waals surface area contributed by atoms with Crippen molar-refractivity contribution in [1.82, 2.24) is 9.78 Å². The maximum atomic E-state index is 13.1. The van der Waals surface area contributed by atoms with Gasteiger partial charge in [-0.15, -0.1) is 0 Å². The molecule has 128 valence electrons. The summed E-state index contributed by atoms with van der Waals surface area (Å²) >= 11 is 11.5. The van der Waals surface area contributed by atoms with Crippen molar-refractivity contribution in [3.05, 3.63) is 70.9 Å². The van der Waals surface area contributed by atoms with Crippen LogP contribution in [0.3, 0.4) is 0 Å². The van der Waals surface area contributed by atoms with Crippen LogP contribution in [0.15, 0.2) is 54.6 Å². The first kappa shape index (κ1) is 17.5. The Kier molecular flexibility index (Phi) is 4.58. The first-order valence-corrected chi connectivity index (χ1v) is 7.75. The monoisotopic (exact) mass is 384 g/mol. The van der Waals surface area contributed by atoms with Crippen LogP contribution in [0.4, 0.5) is 13.2 Å². The van der Waals surface area contributed by atoms with Crippen LogP contribution >= 0.6 is 23.2 Å². The summed E-state index contributed by atoms with van der Waals surface area (Å²) in [4.78, 5) is 11.1. The summed E-state index contributed by atoms with van der Waals surface area (Å²) in [6.45, 7) is 0. The lowest BCUT2D eigenvalue weighted by Gasteiger charge is -2.09. The molecule has 0 amide bonds. The van der Waals surface area contributed by atoms with Gasteiger partial charge in [-0.1, -0.05) is 35.9 Å². The zero-order chi connectivity index (χ0) is 18.2. The predicted molar refractivity (Wildman–Crippen MR) is 89.2 cm³/mol. The lowest BCUT2D eigenvalue weighted by atomic mass is 10.1. The number of carbonyl (C=O) groups excluding carboxylic acids is 1. The van der Waals surface area contributed by atoms with Crippen molar-refractivity contribution in [2.75, 3.05) is 0 Å². The lowest BCUT2D eigenvalue weighted by Crippen LogP contribution is -2.07. The number of benzene rings is 2. The van der Waals surface area contributed by atoms with Gasteiger partial charge in [0.25, 0.3) is 5.24 Å². The molecule has 0 aliphatic heterocycles. The van der Waals surface area contributed by atoms with Crippen molar-refractivity contribution < 1.29 is 18.0 Å². The number of halogens is 5. The minimum absolute atomic E-state index is 0.189. The van der Waals surface area contributed by atoms with Crippen molar-refractivity contribution >= 4 is 28.4 Å². The van der Waals surface area contributed by atoms with E-state index in [1.54, 1.807) is 24.3 Å². The Bertz CT molecular complexity index is 934. The molecule has 0 atom stereocenters. The van der Waals surface area contributed by atoms with E-state index in [1.165, 1.54) is 24.3 Å². The Morgan fingerprint density at radius 2 is 1.68 bits per heavy atom. The predicted octanol–water partition coefficient (Wildman–Crippen LogP) is 5.59. The van der Waals surface area contributed by atoms with Crippen LogP contribution in [0.25, 0.3) is 16.9 Å². The number of para-hydroxylation sites is 1. The molecule has 0 bridgehead atoms. The highest BCUT2D eigenvalue weighted by molar-refractivity contribution is 6.67. The smallest absolute Gasteiger partial charge is 0.276 e. The van der Waals surface area contributed by atoms with E-state index in [1.807, 2.05) is 0 Å². The molecular formula is C17H9Cl2F3N2O. The molecule has 3 aromatic rings. The SMILES string of the molecule is O=C(Cl)c1ccc(-c2cc(C(F)(F)F)nn2-c2ccccc2Cl)cc1. The first-order chi connectivity index (χ1) is 11.8. The van der Waals surface area contributed by atoms with Crippen LogP contribution in [-0.2, 0) is 6.18 Å². The normalized spacial score (nSPS) is 11.6. The zero-order valence-electron chi connectivity index (χ0n) is 12.4. The van der Waals surface area contributed by atoms with E-state index in [0.717, 1.165) is 10.7 Å². The molecule has 0 aliphatic rings. The second-order valence-corrected chi connectivity index (χ2v) is 5.88. The summed E-state index contributed by atoms with van der Waals surface area (Å²) in [5, 5.41) is 3.27. The van der Waals surface area contributed by atoms with E-state index in [2.05, 4.69) is 5.10 Å². The Balaban J connectivity index is 2.19. The number of hydrogen-bond donors (Lipinski definition) is 0. The molecule has 25 heavy (non-hydrogen) atoms. The summed E-state index contributed by atoms with van der Waals surface area (Å²) in [5.41, 5.74) is 0.135. The first-order valence-electron chi connectivity index (χ1n) is 7.00.